The zero-order chi connectivity index (χ0) is 18.9. The molecule has 0 spiro atoms. The lowest BCUT2D eigenvalue weighted by atomic mass is 9.92. The molecule has 2 fully saturated rings. The molecule has 0 bridgehead atoms. The molecule has 10 nitrogen and oxygen atoms in total. The van der Waals surface area contributed by atoms with Gasteiger partial charge in [0.1, 0.15) is 12.1 Å². The number of hydrogen-bond acceptors (Lipinski definition) is 6. The smallest absolute Gasteiger partial charge is 0.325 e. The molecule has 0 unspecified atom stereocenters. The van der Waals surface area contributed by atoms with E-state index in [1.54, 1.807) is 4.90 Å². The molecule has 10 heteroatoms. The van der Waals surface area contributed by atoms with Crippen molar-refractivity contribution in [3.05, 3.63) is 39.9 Å². The highest BCUT2D eigenvalue weighted by Gasteiger charge is 2.49. The number of nitro groups is 1. The van der Waals surface area contributed by atoms with Crippen molar-refractivity contribution in [3.63, 3.8) is 0 Å². The van der Waals surface area contributed by atoms with E-state index in [0.717, 1.165) is 4.90 Å². The van der Waals surface area contributed by atoms with E-state index in [1.165, 1.54) is 31.2 Å². The van der Waals surface area contributed by atoms with Crippen molar-refractivity contribution in [1.29, 1.82) is 0 Å². The van der Waals surface area contributed by atoms with Crippen molar-refractivity contribution < 1.29 is 24.0 Å². The van der Waals surface area contributed by atoms with Crippen LogP contribution < -0.4 is 5.32 Å². The zero-order valence-electron chi connectivity index (χ0n) is 14.1. The molecule has 1 N–H and O–H groups in total. The number of imide groups is 1. The fourth-order valence-electron chi connectivity index (χ4n) is 3.00. The molecule has 138 valence electrons. The largest absolute Gasteiger partial charge is 0.378 e. The Morgan fingerprint density at radius 1 is 1.27 bits per heavy atom. The molecular weight excluding hydrogens is 344 g/mol. The molecule has 4 amide bonds. The second-order valence-electron chi connectivity index (χ2n) is 6.24. The van der Waals surface area contributed by atoms with Crippen LogP contribution >= 0.6 is 0 Å². The standard InChI is InChI=1S/C16H18N4O6/c1-16(11-2-4-12(5-3-11)20(24)25)14(22)19(15(23)17-16)10-13(21)18-6-8-26-9-7-18/h2-5H,6-10H2,1H3,(H,17,23)/t16-/m1/s1. The Morgan fingerprint density at radius 2 is 1.88 bits per heavy atom. The van der Waals surface area contributed by atoms with Gasteiger partial charge in [0.2, 0.25) is 5.91 Å². The fraction of sp³-hybridized carbons (Fsp3) is 0.438. The van der Waals surface area contributed by atoms with Crippen molar-refractivity contribution >= 4 is 23.5 Å². The van der Waals surface area contributed by atoms with Gasteiger partial charge in [-0.3, -0.25) is 24.6 Å². The summed E-state index contributed by atoms with van der Waals surface area (Å²) in [5.41, 5.74) is -1.09. The van der Waals surface area contributed by atoms with Gasteiger partial charge in [-0.15, -0.1) is 0 Å². The predicted molar refractivity (Wildman–Crippen MR) is 88.1 cm³/mol. The summed E-state index contributed by atoms with van der Waals surface area (Å²) < 4.78 is 5.18. The number of hydrogen-bond donors (Lipinski definition) is 1. The number of urea groups is 1. The van der Waals surface area contributed by atoms with E-state index in [9.17, 15) is 24.5 Å². The van der Waals surface area contributed by atoms with Crippen LogP contribution in [0, 0.1) is 10.1 Å². The Morgan fingerprint density at radius 3 is 2.46 bits per heavy atom. The van der Waals surface area contributed by atoms with Crippen LogP contribution in [0.3, 0.4) is 0 Å². The first-order valence-electron chi connectivity index (χ1n) is 8.07. The fourth-order valence-corrected chi connectivity index (χ4v) is 3.00. The number of ether oxygens (including phenoxy) is 1. The number of nitro benzene ring substituents is 1. The number of carbonyl (C=O) groups is 3. The van der Waals surface area contributed by atoms with Crippen molar-refractivity contribution in [2.75, 3.05) is 32.8 Å². The average molecular weight is 362 g/mol. The van der Waals surface area contributed by atoms with Crippen LogP contribution in [0.2, 0.25) is 0 Å². The van der Waals surface area contributed by atoms with Crippen LogP contribution in [0.25, 0.3) is 0 Å². The molecule has 0 saturated carbocycles. The van der Waals surface area contributed by atoms with Gasteiger partial charge < -0.3 is 15.0 Å². The second kappa shape index (κ2) is 6.71. The number of rotatable bonds is 4. The molecule has 0 aromatic heterocycles. The second-order valence-corrected chi connectivity index (χ2v) is 6.24. The highest BCUT2D eigenvalue weighted by atomic mass is 16.6. The number of benzene rings is 1. The number of morpholine rings is 1. The van der Waals surface area contributed by atoms with E-state index < -0.39 is 22.4 Å². The summed E-state index contributed by atoms with van der Waals surface area (Å²) in [5.74, 6) is -0.900. The van der Waals surface area contributed by atoms with Crippen molar-refractivity contribution in [2.24, 2.45) is 0 Å². The lowest BCUT2D eigenvalue weighted by molar-refractivity contribution is -0.384. The molecular formula is C16H18N4O6. The van der Waals surface area contributed by atoms with Gasteiger partial charge in [-0.1, -0.05) is 0 Å². The molecule has 0 aliphatic carbocycles. The summed E-state index contributed by atoms with van der Waals surface area (Å²) in [6.07, 6.45) is 0. The number of carbonyl (C=O) groups excluding carboxylic acids is 3. The van der Waals surface area contributed by atoms with E-state index in [4.69, 9.17) is 4.74 Å². The molecule has 26 heavy (non-hydrogen) atoms. The molecule has 1 aromatic carbocycles. The minimum Gasteiger partial charge on any atom is -0.378 e. The lowest BCUT2D eigenvalue weighted by Gasteiger charge is -2.28. The Labute approximate surface area is 148 Å². The van der Waals surface area contributed by atoms with E-state index in [0.29, 0.717) is 31.9 Å². The van der Waals surface area contributed by atoms with Gasteiger partial charge in [0.25, 0.3) is 11.6 Å². The number of amides is 4. The Bertz CT molecular complexity index is 759. The summed E-state index contributed by atoms with van der Waals surface area (Å²) in [4.78, 5) is 50.0. The molecule has 2 aliphatic rings. The Kier molecular flexibility index (Phi) is 4.60. The zero-order valence-corrected chi connectivity index (χ0v) is 14.1. The van der Waals surface area contributed by atoms with Gasteiger partial charge in [-0.2, -0.15) is 0 Å². The van der Waals surface area contributed by atoms with Crippen LogP contribution in [-0.4, -0.2) is 65.4 Å². The van der Waals surface area contributed by atoms with Crippen LogP contribution in [0.1, 0.15) is 12.5 Å². The third kappa shape index (κ3) is 3.10. The molecule has 2 saturated heterocycles. The first-order chi connectivity index (χ1) is 12.3. The average Bonchev–Trinajstić information content (AvgIpc) is 2.86. The van der Waals surface area contributed by atoms with Gasteiger partial charge in [-0.05, 0) is 24.6 Å². The monoisotopic (exact) mass is 362 g/mol. The van der Waals surface area contributed by atoms with Gasteiger partial charge in [0.05, 0.1) is 18.1 Å². The summed E-state index contributed by atoms with van der Waals surface area (Å²) in [6.45, 7) is 2.84. The molecule has 1 aromatic rings. The van der Waals surface area contributed by atoms with Crippen LogP contribution in [0.15, 0.2) is 24.3 Å². The summed E-state index contributed by atoms with van der Waals surface area (Å²) in [6, 6.07) is 4.70. The summed E-state index contributed by atoms with van der Waals surface area (Å²) in [7, 11) is 0. The van der Waals surface area contributed by atoms with Gasteiger partial charge >= 0.3 is 6.03 Å². The molecule has 2 aliphatic heterocycles. The van der Waals surface area contributed by atoms with Crippen molar-refractivity contribution in [1.82, 2.24) is 15.1 Å². The third-order valence-electron chi connectivity index (χ3n) is 4.59. The SMILES string of the molecule is C[C@]1(c2ccc([N+](=O)[O-])cc2)NC(=O)N(CC(=O)N2CCOCC2)C1=O. The van der Waals surface area contributed by atoms with Gasteiger partial charge in [0, 0.05) is 25.2 Å². The Hall–Kier alpha value is -3.01. The van der Waals surface area contributed by atoms with E-state index in [1.807, 2.05) is 0 Å². The number of non-ortho nitro benzene ring substituents is 1. The maximum absolute atomic E-state index is 12.8. The first kappa shape index (κ1) is 17.8. The highest BCUT2D eigenvalue weighted by Crippen LogP contribution is 2.30. The molecule has 3 rings (SSSR count). The lowest BCUT2D eigenvalue weighted by Crippen LogP contribution is -2.47. The minimum absolute atomic E-state index is 0.117. The number of nitrogens with one attached hydrogen (secondary N) is 1. The van der Waals surface area contributed by atoms with Gasteiger partial charge in [-0.25, -0.2) is 4.79 Å². The summed E-state index contributed by atoms with van der Waals surface area (Å²) in [5, 5.41) is 13.3. The van der Waals surface area contributed by atoms with E-state index in [-0.39, 0.29) is 18.1 Å². The molecule has 0 radical (unpaired) electrons. The summed E-state index contributed by atoms with van der Waals surface area (Å²) >= 11 is 0. The molecule has 1 atom stereocenters. The Balaban J connectivity index is 1.76. The van der Waals surface area contributed by atoms with Crippen molar-refractivity contribution in [2.45, 2.75) is 12.5 Å². The predicted octanol–water partition coefficient (Wildman–Crippen LogP) is 0.221. The quantitative estimate of drug-likeness (QED) is 0.464. The maximum atomic E-state index is 12.8. The van der Waals surface area contributed by atoms with E-state index in [2.05, 4.69) is 5.32 Å². The van der Waals surface area contributed by atoms with E-state index >= 15 is 0 Å². The van der Waals surface area contributed by atoms with Crippen LogP contribution in [-0.2, 0) is 19.9 Å². The maximum Gasteiger partial charge on any atom is 0.325 e. The minimum atomic E-state index is -1.38. The third-order valence-corrected chi connectivity index (χ3v) is 4.59. The number of nitrogens with zero attached hydrogens (tertiary/aromatic N) is 3. The highest BCUT2D eigenvalue weighted by molar-refractivity contribution is 6.09. The van der Waals surface area contributed by atoms with Gasteiger partial charge in [0.15, 0.2) is 0 Å². The first-order valence-corrected chi connectivity index (χ1v) is 8.07. The normalized spacial score (nSPS) is 23.1. The topological polar surface area (TPSA) is 122 Å². The van der Waals surface area contributed by atoms with Crippen LogP contribution in [0.5, 0.6) is 0 Å². The van der Waals surface area contributed by atoms with Crippen molar-refractivity contribution in [3.8, 4) is 0 Å². The van der Waals surface area contributed by atoms with Crippen LogP contribution in [0.4, 0.5) is 10.5 Å². The molecule has 2 heterocycles.